The van der Waals surface area contributed by atoms with Crippen LogP contribution in [0.25, 0.3) is 27.3 Å². The Kier molecular flexibility index (Phi) is 2.96. The lowest BCUT2D eigenvalue weighted by molar-refractivity contribution is 0.574. The third-order valence-corrected chi connectivity index (χ3v) is 4.89. The van der Waals surface area contributed by atoms with Crippen LogP contribution < -0.4 is 0 Å². The number of benzene rings is 2. The number of hydrogen-bond acceptors (Lipinski definition) is 5. The molecule has 0 amide bonds. The molecule has 0 spiro atoms. The largest absolute Gasteiger partial charge is 0.461 e. The highest BCUT2D eigenvalue weighted by molar-refractivity contribution is 7.16. The molecular weight excluding hydrogens is 320 g/mol. The van der Waals surface area contributed by atoms with Gasteiger partial charge in [0.15, 0.2) is 5.76 Å². The third kappa shape index (κ3) is 2.11. The molecule has 0 saturated heterocycles. The van der Waals surface area contributed by atoms with E-state index in [0.29, 0.717) is 11.6 Å². The fourth-order valence-electron chi connectivity index (χ4n) is 2.90. The van der Waals surface area contributed by atoms with Gasteiger partial charge in [0.05, 0.1) is 6.26 Å². The van der Waals surface area contributed by atoms with Crippen LogP contribution in [-0.2, 0) is 6.42 Å². The molecule has 0 radical (unpaired) electrons. The normalized spacial score (nSPS) is 11.5. The Balaban J connectivity index is 1.58. The highest BCUT2D eigenvalue weighted by Gasteiger charge is 2.15. The van der Waals surface area contributed by atoms with Crippen molar-refractivity contribution in [3.63, 3.8) is 0 Å². The van der Waals surface area contributed by atoms with Crippen LogP contribution in [0.5, 0.6) is 0 Å². The van der Waals surface area contributed by atoms with Crippen LogP contribution in [0.3, 0.4) is 0 Å². The SMILES string of the molecule is c1coc(-c2nnc3sc(Cc4cccc5ccccc45)nn23)c1. The minimum Gasteiger partial charge on any atom is -0.461 e. The monoisotopic (exact) mass is 332 g/mol. The minimum atomic E-state index is 0.635. The number of fused-ring (bicyclic) bond motifs is 2. The van der Waals surface area contributed by atoms with E-state index in [9.17, 15) is 0 Å². The van der Waals surface area contributed by atoms with Crippen LogP contribution >= 0.6 is 11.3 Å². The van der Waals surface area contributed by atoms with Crippen LogP contribution in [0.1, 0.15) is 10.6 Å². The average molecular weight is 332 g/mol. The minimum absolute atomic E-state index is 0.635. The van der Waals surface area contributed by atoms with Crippen molar-refractivity contribution in [3.8, 4) is 11.6 Å². The molecule has 0 saturated carbocycles. The van der Waals surface area contributed by atoms with Crippen molar-refractivity contribution >= 4 is 27.1 Å². The lowest BCUT2D eigenvalue weighted by Gasteiger charge is -2.04. The van der Waals surface area contributed by atoms with Gasteiger partial charge in [-0.05, 0) is 28.5 Å². The molecule has 3 heterocycles. The molecule has 116 valence electrons. The molecule has 0 bridgehead atoms. The highest BCUT2D eigenvalue weighted by atomic mass is 32.1. The predicted octanol–water partition coefficient (Wildman–Crippen LogP) is 4.19. The van der Waals surface area contributed by atoms with Gasteiger partial charge in [-0.2, -0.15) is 9.61 Å². The number of rotatable bonds is 3. The first-order chi connectivity index (χ1) is 11.9. The first-order valence-electron chi connectivity index (χ1n) is 7.60. The summed E-state index contributed by atoms with van der Waals surface area (Å²) in [4.78, 5) is 0.775. The summed E-state index contributed by atoms with van der Waals surface area (Å²) < 4.78 is 7.17. The molecule has 24 heavy (non-hydrogen) atoms. The number of hydrogen-bond donors (Lipinski definition) is 0. The van der Waals surface area contributed by atoms with Gasteiger partial charge in [0, 0.05) is 6.42 Å². The van der Waals surface area contributed by atoms with Crippen LogP contribution in [0.2, 0.25) is 0 Å². The zero-order valence-corrected chi connectivity index (χ0v) is 13.4. The fraction of sp³-hybridized carbons (Fsp3) is 0.0556. The van der Waals surface area contributed by atoms with E-state index in [1.807, 2.05) is 12.1 Å². The van der Waals surface area contributed by atoms with Crippen molar-refractivity contribution in [1.82, 2.24) is 19.8 Å². The maximum absolute atomic E-state index is 5.41. The molecule has 5 nitrogen and oxygen atoms in total. The Labute approximate surface area is 141 Å². The first kappa shape index (κ1) is 13.4. The molecule has 0 atom stereocenters. The van der Waals surface area contributed by atoms with Crippen molar-refractivity contribution in [1.29, 1.82) is 0 Å². The second-order valence-corrected chi connectivity index (χ2v) is 6.55. The van der Waals surface area contributed by atoms with Crippen molar-refractivity contribution in [2.45, 2.75) is 6.42 Å². The van der Waals surface area contributed by atoms with E-state index >= 15 is 0 Å². The van der Waals surface area contributed by atoms with E-state index in [1.54, 1.807) is 22.1 Å². The molecule has 5 aromatic rings. The van der Waals surface area contributed by atoms with Gasteiger partial charge in [-0.1, -0.05) is 53.8 Å². The van der Waals surface area contributed by atoms with Gasteiger partial charge in [-0.3, -0.25) is 0 Å². The van der Waals surface area contributed by atoms with Gasteiger partial charge in [0.25, 0.3) is 0 Å². The van der Waals surface area contributed by atoms with Crippen molar-refractivity contribution < 1.29 is 4.42 Å². The van der Waals surface area contributed by atoms with E-state index < -0.39 is 0 Å². The van der Waals surface area contributed by atoms with Crippen molar-refractivity contribution in [3.05, 3.63) is 71.4 Å². The summed E-state index contributed by atoms with van der Waals surface area (Å²) in [7, 11) is 0. The molecule has 5 rings (SSSR count). The molecule has 0 fully saturated rings. The summed E-state index contributed by atoms with van der Waals surface area (Å²) in [5.41, 5.74) is 1.26. The topological polar surface area (TPSA) is 56.2 Å². The summed E-state index contributed by atoms with van der Waals surface area (Å²) in [5, 5.41) is 16.6. The second-order valence-electron chi connectivity index (χ2n) is 5.51. The first-order valence-corrected chi connectivity index (χ1v) is 8.42. The second kappa shape index (κ2) is 5.28. The number of nitrogens with zero attached hydrogens (tertiary/aromatic N) is 4. The Morgan fingerprint density at radius 1 is 0.958 bits per heavy atom. The summed E-state index contributed by atoms with van der Waals surface area (Å²) in [6, 6.07) is 18.5. The third-order valence-electron chi connectivity index (χ3n) is 4.00. The Hall–Kier alpha value is -2.99. The highest BCUT2D eigenvalue weighted by Crippen LogP contribution is 2.25. The summed E-state index contributed by atoms with van der Waals surface area (Å²) in [5.74, 6) is 1.31. The van der Waals surface area contributed by atoms with E-state index in [1.165, 1.54) is 16.3 Å². The van der Waals surface area contributed by atoms with Crippen LogP contribution in [-0.4, -0.2) is 19.8 Å². The van der Waals surface area contributed by atoms with E-state index in [2.05, 4.69) is 57.8 Å². The van der Waals surface area contributed by atoms with E-state index in [4.69, 9.17) is 4.42 Å². The molecule has 0 aliphatic carbocycles. The maximum atomic E-state index is 5.41. The Morgan fingerprint density at radius 2 is 1.88 bits per heavy atom. The number of furan rings is 1. The standard InChI is InChI=1S/C18H12N4OS/c1-2-8-14-12(5-1)6-3-7-13(14)11-16-21-22-17(15-9-4-10-23-15)19-20-18(22)24-16/h1-10H,11H2. The van der Waals surface area contributed by atoms with Crippen molar-refractivity contribution in [2.75, 3.05) is 0 Å². The van der Waals surface area contributed by atoms with E-state index in [0.717, 1.165) is 16.4 Å². The van der Waals surface area contributed by atoms with Gasteiger partial charge < -0.3 is 4.42 Å². The molecule has 3 aromatic heterocycles. The van der Waals surface area contributed by atoms with Crippen LogP contribution in [0, 0.1) is 0 Å². The fourth-order valence-corrected chi connectivity index (χ4v) is 3.75. The van der Waals surface area contributed by atoms with Gasteiger partial charge in [-0.25, -0.2) is 0 Å². The average Bonchev–Trinajstić information content (AvgIpc) is 3.32. The molecule has 0 N–H and O–H groups in total. The smallest absolute Gasteiger partial charge is 0.235 e. The van der Waals surface area contributed by atoms with Gasteiger partial charge >= 0.3 is 0 Å². The molecule has 0 unspecified atom stereocenters. The lowest BCUT2D eigenvalue weighted by atomic mass is 10.0. The Bertz CT molecular complexity index is 1140. The zero-order chi connectivity index (χ0) is 15.9. The lowest BCUT2D eigenvalue weighted by Crippen LogP contribution is -1.93. The van der Waals surface area contributed by atoms with E-state index in [-0.39, 0.29) is 0 Å². The molecule has 2 aromatic carbocycles. The van der Waals surface area contributed by atoms with Gasteiger partial charge in [-0.15, -0.1) is 10.2 Å². The molecule has 6 heteroatoms. The number of aromatic nitrogens is 4. The maximum Gasteiger partial charge on any atom is 0.235 e. The zero-order valence-electron chi connectivity index (χ0n) is 12.6. The van der Waals surface area contributed by atoms with Crippen LogP contribution in [0.4, 0.5) is 0 Å². The van der Waals surface area contributed by atoms with Gasteiger partial charge in [0.2, 0.25) is 10.8 Å². The quantitative estimate of drug-likeness (QED) is 0.497. The predicted molar refractivity (Wildman–Crippen MR) is 93.1 cm³/mol. The summed E-state index contributed by atoms with van der Waals surface area (Å²) in [6.07, 6.45) is 2.40. The molecule has 0 aliphatic rings. The molecular formula is C18H12N4OS. The van der Waals surface area contributed by atoms with Crippen LogP contribution in [0.15, 0.2) is 65.3 Å². The van der Waals surface area contributed by atoms with Crippen molar-refractivity contribution in [2.24, 2.45) is 0 Å². The molecule has 0 aliphatic heterocycles. The summed E-state index contributed by atoms with van der Waals surface area (Å²) >= 11 is 1.56. The Morgan fingerprint density at radius 3 is 2.79 bits per heavy atom. The van der Waals surface area contributed by atoms with Gasteiger partial charge in [0.1, 0.15) is 5.01 Å². The summed E-state index contributed by atoms with van der Waals surface area (Å²) in [6.45, 7) is 0.